The summed E-state index contributed by atoms with van der Waals surface area (Å²) < 4.78 is 43.1. The van der Waals surface area contributed by atoms with Crippen molar-refractivity contribution in [3.8, 4) is 17.1 Å². The van der Waals surface area contributed by atoms with E-state index in [1.165, 1.54) is 17.0 Å². The minimum absolute atomic E-state index is 0.126. The molecule has 0 N–H and O–H groups in total. The number of aryl methyl sites for hydroxylation is 1. The third-order valence-corrected chi connectivity index (χ3v) is 9.93. The van der Waals surface area contributed by atoms with Crippen LogP contribution in [0.2, 0.25) is 0 Å². The third kappa shape index (κ3) is 5.14. The van der Waals surface area contributed by atoms with Crippen molar-refractivity contribution in [2.75, 3.05) is 40.0 Å². The second-order valence-electron chi connectivity index (χ2n) is 9.56. The standard InChI is InChI=1S/C27H36N2O6S/c1-4-16-35-25-7-5-6-24(28-25)23-9-8-22(19-20(23)2)21-10-14-29(15-11-21)36(31,32)27(26(30)33-3)12-17-34-18-13-27/h5-9,19,21H,4,10-18H2,1-3H3. The Morgan fingerprint density at radius 1 is 1.17 bits per heavy atom. The van der Waals surface area contributed by atoms with Gasteiger partial charge in [0.05, 0.1) is 19.4 Å². The van der Waals surface area contributed by atoms with Gasteiger partial charge in [-0.1, -0.05) is 31.2 Å². The first-order chi connectivity index (χ1) is 17.3. The Hall–Kier alpha value is -2.49. The third-order valence-electron chi connectivity index (χ3n) is 7.32. The fourth-order valence-corrected chi connectivity index (χ4v) is 7.37. The highest BCUT2D eigenvalue weighted by Crippen LogP contribution is 2.38. The Kier molecular flexibility index (Phi) is 8.32. The number of nitrogens with zero attached hydrogens (tertiary/aromatic N) is 2. The van der Waals surface area contributed by atoms with Crippen LogP contribution in [-0.4, -0.2) is 68.4 Å². The second kappa shape index (κ2) is 11.3. The van der Waals surface area contributed by atoms with Crippen molar-refractivity contribution < 1.29 is 27.4 Å². The number of hydrogen-bond acceptors (Lipinski definition) is 7. The van der Waals surface area contributed by atoms with Crippen molar-refractivity contribution in [2.45, 2.75) is 56.6 Å². The van der Waals surface area contributed by atoms with Gasteiger partial charge in [-0.05, 0) is 49.3 Å². The number of carbonyl (C=O) groups excluding carboxylic acids is 1. The Morgan fingerprint density at radius 3 is 2.53 bits per heavy atom. The number of piperidine rings is 1. The van der Waals surface area contributed by atoms with Crippen LogP contribution in [0.3, 0.4) is 0 Å². The molecule has 36 heavy (non-hydrogen) atoms. The fourth-order valence-electron chi connectivity index (χ4n) is 5.21. The number of hydrogen-bond donors (Lipinski definition) is 0. The van der Waals surface area contributed by atoms with Gasteiger partial charge in [0.2, 0.25) is 15.9 Å². The van der Waals surface area contributed by atoms with Gasteiger partial charge in [-0.15, -0.1) is 0 Å². The van der Waals surface area contributed by atoms with Gasteiger partial charge < -0.3 is 14.2 Å². The fraction of sp³-hybridized carbons (Fsp3) is 0.556. The maximum atomic E-state index is 13.6. The number of benzene rings is 1. The molecule has 2 fully saturated rings. The van der Waals surface area contributed by atoms with Gasteiger partial charge in [-0.3, -0.25) is 4.79 Å². The van der Waals surface area contributed by atoms with Gasteiger partial charge in [0.1, 0.15) is 0 Å². The highest BCUT2D eigenvalue weighted by atomic mass is 32.2. The smallest absolute Gasteiger partial charge is 0.328 e. The van der Waals surface area contributed by atoms with Crippen molar-refractivity contribution in [1.29, 1.82) is 0 Å². The van der Waals surface area contributed by atoms with Crippen LogP contribution in [0.25, 0.3) is 11.3 Å². The van der Waals surface area contributed by atoms with Crippen molar-refractivity contribution >= 4 is 16.0 Å². The SMILES string of the molecule is CCCOc1cccc(-c2ccc(C3CCN(S(=O)(=O)C4(C(=O)OC)CCOCC4)CC3)cc2C)n1. The Bertz CT molecular complexity index is 1170. The monoisotopic (exact) mass is 516 g/mol. The molecule has 0 bridgehead atoms. The van der Waals surface area contributed by atoms with Gasteiger partial charge in [0, 0.05) is 50.8 Å². The lowest BCUT2D eigenvalue weighted by atomic mass is 9.88. The molecule has 9 heteroatoms. The van der Waals surface area contributed by atoms with Gasteiger partial charge in [-0.2, -0.15) is 0 Å². The number of methoxy groups -OCH3 is 1. The molecule has 8 nitrogen and oxygen atoms in total. The molecule has 2 aromatic rings. The molecular weight excluding hydrogens is 480 g/mol. The van der Waals surface area contributed by atoms with Crippen LogP contribution in [0.1, 0.15) is 56.1 Å². The van der Waals surface area contributed by atoms with Gasteiger partial charge in [0.15, 0.2) is 4.75 Å². The molecule has 2 aliphatic rings. The molecule has 4 rings (SSSR count). The lowest BCUT2D eigenvalue weighted by Gasteiger charge is -2.40. The number of carbonyl (C=O) groups is 1. The lowest BCUT2D eigenvalue weighted by Crippen LogP contribution is -2.57. The summed E-state index contributed by atoms with van der Waals surface area (Å²) in [6, 6.07) is 12.2. The molecule has 1 aromatic carbocycles. The van der Waals surface area contributed by atoms with Crippen molar-refractivity contribution in [1.82, 2.24) is 9.29 Å². The first kappa shape index (κ1) is 26.6. The van der Waals surface area contributed by atoms with E-state index in [-0.39, 0.29) is 32.0 Å². The lowest BCUT2D eigenvalue weighted by molar-refractivity contribution is -0.146. The van der Waals surface area contributed by atoms with E-state index < -0.39 is 20.7 Å². The summed E-state index contributed by atoms with van der Waals surface area (Å²) in [5, 5.41) is 0. The maximum absolute atomic E-state index is 13.6. The van der Waals surface area contributed by atoms with Crippen molar-refractivity contribution in [2.24, 2.45) is 0 Å². The summed E-state index contributed by atoms with van der Waals surface area (Å²) >= 11 is 0. The van der Waals surface area contributed by atoms with Gasteiger partial charge in [0.25, 0.3) is 0 Å². The van der Waals surface area contributed by atoms with Crippen LogP contribution >= 0.6 is 0 Å². The van der Waals surface area contributed by atoms with Crippen LogP contribution in [0.4, 0.5) is 0 Å². The number of rotatable bonds is 8. The highest BCUT2D eigenvalue weighted by molar-refractivity contribution is 7.91. The molecule has 0 saturated carbocycles. The summed E-state index contributed by atoms with van der Waals surface area (Å²) in [6.45, 7) is 6.01. The van der Waals surface area contributed by atoms with Crippen LogP contribution in [-0.2, 0) is 24.3 Å². The van der Waals surface area contributed by atoms with Gasteiger partial charge >= 0.3 is 5.97 Å². The molecule has 0 spiro atoms. The quantitative estimate of drug-likeness (QED) is 0.488. The zero-order chi connectivity index (χ0) is 25.8. The molecule has 0 amide bonds. The minimum atomic E-state index is -3.87. The van der Waals surface area contributed by atoms with Crippen LogP contribution in [0.15, 0.2) is 36.4 Å². The average molecular weight is 517 g/mol. The number of esters is 1. The Balaban J connectivity index is 1.47. The van der Waals surface area contributed by atoms with E-state index in [2.05, 4.69) is 37.0 Å². The van der Waals surface area contributed by atoms with Crippen LogP contribution in [0, 0.1) is 6.92 Å². The van der Waals surface area contributed by atoms with E-state index in [4.69, 9.17) is 14.2 Å². The Morgan fingerprint density at radius 2 is 1.89 bits per heavy atom. The number of ether oxygens (including phenoxy) is 3. The largest absolute Gasteiger partial charge is 0.478 e. The van der Waals surface area contributed by atoms with Crippen LogP contribution in [0.5, 0.6) is 5.88 Å². The molecule has 0 atom stereocenters. The van der Waals surface area contributed by atoms with E-state index in [9.17, 15) is 13.2 Å². The maximum Gasteiger partial charge on any atom is 0.328 e. The van der Waals surface area contributed by atoms with E-state index in [0.717, 1.165) is 23.2 Å². The average Bonchev–Trinajstić information content (AvgIpc) is 2.91. The summed E-state index contributed by atoms with van der Waals surface area (Å²) in [5.41, 5.74) is 4.24. The first-order valence-corrected chi connectivity index (χ1v) is 14.1. The van der Waals surface area contributed by atoms with Crippen LogP contribution < -0.4 is 4.74 Å². The predicted molar refractivity (Wildman–Crippen MR) is 137 cm³/mol. The molecular formula is C27H36N2O6S. The van der Waals surface area contributed by atoms with Crippen molar-refractivity contribution in [3.05, 3.63) is 47.5 Å². The van der Waals surface area contributed by atoms with E-state index in [1.54, 1.807) is 0 Å². The number of sulfonamides is 1. The summed E-state index contributed by atoms with van der Waals surface area (Å²) in [6.07, 6.45) is 2.58. The molecule has 0 unspecified atom stereocenters. The molecule has 0 radical (unpaired) electrons. The summed E-state index contributed by atoms with van der Waals surface area (Å²) in [4.78, 5) is 17.3. The Labute approximate surface area is 214 Å². The summed E-state index contributed by atoms with van der Waals surface area (Å²) in [7, 11) is -2.62. The van der Waals surface area contributed by atoms with E-state index in [0.29, 0.717) is 38.4 Å². The predicted octanol–water partition coefficient (Wildman–Crippen LogP) is 4.08. The molecule has 2 saturated heterocycles. The van der Waals surface area contributed by atoms with Crippen molar-refractivity contribution in [3.63, 3.8) is 0 Å². The summed E-state index contributed by atoms with van der Waals surface area (Å²) in [5.74, 6) is 0.192. The highest BCUT2D eigenvalue weighted by Gasteiger charge is 2.55. The molecule has 1 aromatic heterocycles. The topological polar surface area (TPSA) is 95.0 Å². The van der Waals surface area contributed by atoms with E-state index >= 15 is 0 Å². The number of aromatic nitrogens is 1. The first-order valence-electron chi connectivity index (χ1n) is 12.7. The molecule has 0 aliphatic carbocycles. The normalized spacial score (nSPS) is 19.1. The zero-order valence-electron chi connectivity index (χ0n) is 21.4. The zero-order valence-corrected chi connectivity index (χ0v) is 22.2. The number of pyridine rings is 1. The molecule has 3 heterocycles. The second-order valence-corrected chi connectivity index (χ2v) is 11.8. The molecule has 2 aliphatic heterocycles. The molecule has 196 valence electrons. The van der Waals surface area contributed by atoms with E-state index in [1.807, 2.05) is 18.2 Å². The minimum Gasteiger partial charge on any atom is -0.478 e. The van der Waals surface area contributed by atoms with Gasteiger partial charge in [-0.25, -0.2) is 17.7 Å².